The molecule has 0 N–H and O–H groups in total. The molecule has 4 aromatic rings. The van der Waals surface area contributed by atoms with Crippen LogP contribution in [-0.2, 0) is 13.2 Å². The molecule has 4 heterocycles. The van der Waals surface area contributed by atoms with Crippen molar-refractivity contribution in [1.82, 2.24) is 29.3 Å². The van der Waals surface area contributed by atoms with Gasteiger partial charge in [-0.05, 0) is 36.8 Å². The Morgan fingerprint density at radius 1 is 0.973 bits per heavy atom. The van der Waals surface area contributed by atoms with Crippen molar-refractivity contribution in [3.8, 4) is 16.8 Å². The Balaban J connectivity index is 1.28. The van der Waals surface area contributed by atoms with Crippen LogP contribution in [0, 0.1) is 5.82 Å². The van der Waals surface area contributed by atoms with E-state index in [-0.39, 0.29) is 11.7 Å². The summed E-state index contributed by atoms with van der Waals surface area (Å²) in [6, 6.07) is 6.87. The SMILES string of the molecule is C[C@H]1CN(c2ccc(C(F)(F)F)cn2)CCN1c1ncc(-c2ccc(-n3cnn(C)c3=O)c(F)c2)cn1. The molecule has 1 aliphatic rings. The fraction of sp³-hybridized carbons (Fsp3) is 0.292. The van der Waals surface area contributed by atoms with Crippen LogP contribution in [0.2, 0.25) is 0 Å². The predicted molar refractivity (Wildman–Crippen MR) is 128 cm³/mol. The van der Waals surface area contributed by atoms with Gasteiger partial charge in [0.2, 0.25) is 5.95 Å². The Morgan fingerprint density at radius 3 is 2.30 bits per heavy atom. The average molecular weight is 514 g/mol. The minimum Gasteiger partial charge on any atom is -0.353 e. The molecule has 1 saturated heterocycles. The maximum atomic E-state index is 14.8. The lowest BCUT2D eigenvalue weighted by Gasteiger charge is -2.40. The lowest BCUT2D eigenvalue weighted by molar-refractivity contribution is -0.137. The van der Waals surface area contributed by atoms with Gasteiger partial charge in [0.1, 0.15) is 18.0 Å². The van der Waals surface area contributed by atoms with Crippen molar-refractivity contribution in [3.63, 3.8) is 0 Å². The van der Waals surface area contributed by atoms with E-state index < -0.39 is 23.2 Å². The van der Waals surface area contributed by atoms with Crippen LogP contribution in [0.5, 0.6) is 0 Å². The molecule has 0 saturated carbocycles. The fourth-order valence-electron chi connectivity index (χ4n) is 4.25. The van der Waals surface area contributed by atoms with E-state index in [1.54, 1.807) is 18.5 Å². The first kappa shape index (κ1) is 24.4. The molecule has 1 fully saturated rings. The van der Waals surface area contributed by atoms with Crippen molar-refractivity contribution < 1.29 is 17.6 Å². The van der Waals surface area contributed by atoms with Crippen LogP contribution in [0.15, 0.2) is 60.0 Å². The quantitative estimate of drug-likeness (QED) is 0.387. The Kier molecular flexibility index (Phi) is 6.13. The van der Waals surface area contributed by atoms with Gasteiger partial charge in [0.05, 0.1) is 11.3 Å². The van der Waals surface area contributed by atoms with Crippen LogP contribution in [0.25, 0.3) is 16.8 Å². The predicted octanol–water partition coefficient (Wildman–Crippen LogP) is 3.30. The molecule has 0 aliphatic carbocycles. The summed E-state index contributed by atoms with van der Waals surface area (Å²) in [5.74, 6) is 0.392. The molecule has 0 spiro atoms. The summed E-state index contributed by atoms with van der Waals surface area (Å²) in [6.07, 6.45) is 0.881. The molecule has 192 valence electrons. The first-order chi connectivity index (χ1) is 17.6. The Labute approximate surface area is 208 Å². The second-order valence-corrected chi connectivity index (χ2v) is 8.74. The zero-order chi connectivity index (χ0) is 26.3. The summed E-state index contributed by atoms with van der Waals surface area (Å²) < 4.78 is 55.5. The molecule has 0 bridgehead atoms. The largest absolute Gasteiger partial charge is 0.417 e. The number of hydrogen-bond acceptors (Lipinski definition) is 7. The van der Waals surface area contributed by atoms with Crippen LogP contribution in [-0.4, -0.2) is 55.0 Å². The van der Waals surface area contributed by atoms with Crippen molar-refractivity contribution in [2.24, 2.45) is 7.05 Å². The molecule has 13 heteroatoms. The van der Waals surface area contributed by atoms with Gasteiger partial charge < -0.3 is 9.80 Å². The highest BCUT2D eigenvalue weighted by molar-refractivity contribution is 5.64. The number of piperazine rings is 1. The van der Waals surface area contributed by atoms with Gasteiger partial charge in [-0.1, -0.05) is 6.07 Å². The number of anilines is 2. The number of alkyl halides is 3. The molecule has 5 rings (SSSR count). The van der Waals surface area contributed by atoms with Gasteiger partial charge >= 0.3 is 11.9 Å². The second kappa shape index (κ2) is 9.30. The van der Waals surface area contributed by atoms with Gasteiger partial charge in [0.25, 0.3) is 0 Å². The molecule has 0 unspecified atom stereocenters. The van der Waals surface area contributed by atoms with E-state index in [0.717, 1.165) is 21.5 Å². The zero-order valence-electron chi connectivity index (χ0n) is 19.9. The van der Waals surface area contributed by atoms with Crippen LogP contribution < -0.4 is 15.5 Å². The number of nitrogens with zero attached hydrogens (tertiary/aromatic N) is 8. The molecule has 1 aliphatic heterocycles. The Hall–Kier alpha value is -4.29. The smallest absolute Gasteiger partial charge is 0.353 e. The van der Waals surface area contributed by atoms with E-state index in [1.165, 1.54) is 31.6 Å². The van der Waals surface area contributed by atoms with Crippen molar-refractivity contribution in [2.75, 3.05) is 29.4 Å². The summed E-state index contributed by atoms with van der Waals surface area (Å²) in [5.41, 5.74) is 0.0113. The normalized spacial score (nSPS) is 16.3. The lowest BCUT2D eigenvalue weighted by Crippen LogP contribution is -2.53. The van der Waals surface area contributed by atoms with Gasteiger partial charge in [0.15, 0.2) is 0 Å². The number of aromatic nitrogens is 6. The minimum absolute atomic E-state index is 0.0294. The Morgan fingerprint density at radius 2 is 1.73 bits per heavy atom. The van der Waals surface area contributed by atoms with E-state index in [2.05, 4.69) is 20.1 Å². The van der Waals surface area contributed by atoms with Crippen molar-refractivity contribution >= 4 is 11.8 Å². The number of halogens is 4. The molecule has 1 aromatic carbocycles. The van der Waals surface area contributed by atoms with E-state index >= 15 is 0 Å². The third-order valence-electron chi connectivity index (χ3n) is 6.29. The third kappa shape index (κ3) is 4.76. The van der Waals surface area contributed by atoms with E-state index in [9.17, 15) is 22.4 Å². The number of benzene rings is 1. The number of rotatable bonds is 4. The summed E-state index contributed by atoms with van der Waals surface area (Å²) in [5, 5.41) is 3.84. The first-order valence-corrected chi connectivity index (χ1v) is 11.4. The van der Waals surface area contributed by atoms with E-state index in [0.29, 0.717) is 42.5 Å². The highest BCUT2D eigenvalue weighted by atomic mass is 19.4. The Bertz CT molecular complexity index is 1460. The van der Waals surface area contributed by atoms with Crippen LogP contribution in [0.3, 0.4) is 0 Å². The van der Waals surface area contributed by atoms with Crippen LogP contribution in [0.1, 0.15) is 12.5 Å². The van der Waals surface area contributed by atoms with Crippen LogP contribution in [0.4, 0.5) is 29.3 Å². The van der Waals surface area contributed by atoms with E-state index in [1.807, 2.05) is 16.7 Å². The molecule has 3 aromatic heterocycles. The molecule has 0 amide bonds. The highest BCUT2D eigenvalue weighted by Gasteiger charge is 2.32. The third-order valence-corrected chi connectivity index (χ3v) is 6.29. The first-order valence-electron chi connectivity index (χ1n) is 11.4. The maximum Gasteiger partial charge on any atom is 0.417 e. The van der Waals surface area contributed by atoms with Gasteiger partial charge in [-0.25, -0.2) is 33.4 Å². The summed E-state index contributed by atoms with van der Waals surface area (Å²) in [4.78, 5) is 28.9. The molecule has 37 heavy (non-hydrogen) atoms. The van der Waals surface area contributed by atoms with E-state index in [4.69, 9.17) is 0 Å². The van der Waals surface area contributed by atoms with Gasteiger partial charge in [-0.2, -0.15) is 18.3 Å². The van der Waals surface area contributed by atoms with Crippen LogP contribution >= 0.6 is 0 Å². The lowest BCUT2D eigenvalue weighted by atomic mass is 10.1. The van der Waals surface area contributed by atoms with Crippen molar-refractivity contribution in [2.45, 2.75) is 19.1 Å². The standard InChI is InChI=1S/C24H22F4N8O/c1-15-13-34(21-6-4-18(12-29-21)24(26,27)28)7-8-35(15)22-30-10-17(11-31-22)16-3-5-20(19(25)9-16)36-14-32-33(2)23(36)37/h3-6,9-12,14-15H,7-8,13H2,1-2H3/t15-/m0/s1. The molecule has 0 radical (unpaired) electrons. The second-order valence-electron chi connectivity index (χ2n) is 8.74. The minimum atomic E-state index is -4.42. The molecule has 1 atom stereocenters. The van der Waals surface area contributed by atoms with Gasteiger partial charge in [-0.3, -0.25) is 0 Å². The summed E-state index contributed by atoms with van der Waals surface area (Å²) in [7, 11) is 1.48. The monoisotopic (exact) mass is 514 g/mol. The summed E-state index contributed by atoms with van der Waals surface area (Å²) >= 11 is 0. The fourth-order valence-corrected chi connectivity index (χ4v) is 4.25. The summed E-state index contributed by atoms with van der Waals surface area (Å²) in [6.45, 7) is 3.59. The highest BCUT2D eigenvalue weighted by Crippen LogP contribution is 2.30. The number of pyridine rings is 1. The molecular weight excluding hydrogens is 492 g/mol. The zero-order valence-corrected chi connectivity index (χ0v) is 19.9. The average Bonchev–Trinajstić information content (AvgIpc) is 3.21. The topological polar surface area (TPSA) is 85.0 Å². The van der Waals surface area contributed by atoms with Gasteiger partial charge in [0, 0.05) is 56.9 Å². The number of aryl methyl sites for hydroxylation is 1. The van der Waals surface area contributed by atoms with Gasteiger partial charge in [-0.15, -0.1) is 0 Å². The molecular formula is C24H22F4N8O. The van der Waals surface area contributed by atoms with Crippen molar-refractivity contribution in [1.29, 1.82) is 0 Å². The van der Waals surface area contributed by atoms with Crippen molar-refractivity contribution in [3.05, 3.63) is 77.1 Å². The maximum absolute atomic E-state index is 14.8. The number of hydrogen-bond donors (Lipinski definition) is 0. The molecule has 9 nitrogen and oxygen atoms in total.